The summed E-state index contributed by atoms with van der Waals surface area (Å²) in [6.07, 6.45) is 3.51. The molecule has 0 aliphatic heterocycles. The molecule has 0 unspecified atom stereocenters. The molecule has 0 aliphatic rings. The minimum Gasteiger partial charge on any atom is -0.462 e. The molecule has 2 aromatic rings. The monoisotopic (exact) mass is 311 g/mol. The number of hydrogen-bond donors (Lipinski definition) is 1. The van der Waals surface area contributed by atoms with Crippen LogP contribution >= 0.6 is 0 Å². The third-order valence-electron chi connectivity index (χ3n) is 2.76. The fourth-order valence-corrected chi connectivity index (χ4v) is 3.04. The van der Waals surface area contributed by atoms with Gasteiger partial charge in [-0.1, -0.05) is 6.92 Å². The first kappa shape index (κ1) is 15.3. The number of rotatable bonds is 6. The lowest BCUT2D eigenvalue weighted by Crippen LogP contribution is -2.16. The lowest BCUT2D eigenvalue weighted by Gasteiger charge is -2.07. The van der Waals surface area contributed by atoms with E-state index in [-0.39, 0.29) is 12.4 Å². The zero-order valence-corrected chi connectivity index (χ0v) is 12.7. The second-order valence-electron chi connectivity index (χ2n) is 4.44. The van der Waals surface area contributed by atoms with Gasteiger partial charge in [-0.3, -0.25) is 4.72 Å². The Kier molecular flexibility index (Phi) is 4.46. The molecular formula is C13H17N3O4S. The first-order valence-electron chi connectivity index (χ1n) is 6.62. The molecule has 0 bridgehead atoms. The lowest BCUT2D eigenvalue weighted by molar-refractivity contribution is 0.0528. The predicted molar refractivity (Wildman–Crippen MR) is 78.8 cm³/mol. The SMILES string of the molecule is CCCS(=O)(=O)Nc1ccn2ncc(C(=O)OCC)c2c1. The summed E-state index contributed by atoms with van der Waals surface area (Å²) in [4.78, 5) is 11.8. The fraction of sp³-hybridized carbons (Fsp3) is 0.385. The third kappa shape index (κ3) is 3.52. The number of nitrogens with one attached hydrogen (secondary N) is 1. The number of carbonyl (C=O) groups is 1. The van der Waals surface area contributed by atoms with Crippen LogP contribution in [-0.4, -0.2) is 36.4 Å². The van der Waals surface area contributed by atoms with Crippen LogP contribution in [0.25, 0.3) is 5.52 Å². The molecule has 7 nitrogen and oxygen atoms in total. The minimum atomic E-state index is -3.38. The van der Waals surface area contributed by atoms with Crippen LogP contribution in [0.15, 0.2) is 24.5 Å². The Morgan fingerprint density at radius 3 is 2.86 bits per heavy atom. The van der Waals surface area contributed by atoms with Gasteiger partial charge in [-0.05, 0) is 25.5 Å². The number of ether oxygens (including phenoxy) is 1. The second kappa shape index (κ2) is 6.13. The molecule has 0 saturated carbocycles. The highest BCUT2D eigenvalue weighted by molar-refractivity contribution is 7.92. The van der Waals surface area contributed by atoms with Crippen molar-refractivity contribution in [3.8, 4) is 0 Å². The summed E-state index contributed by atoms with van der Waals surface area (Å²) in [6, 6.07) is 3.15. The van der Waals surface area contributed by atoms with Gasteiger partial charge in [0.25, 0.3) is 0 Å². The maximum absolute atomic E-state index is 11.8. The number of nitrogens with zero attached hydrogens (tertiary/aromatic N) is 2. The number of sulfonamides is 1. The fourth-order valence-electron chi connectivity index (χ4n) is 1.91. The molecule has 0 aliphatic carbocycles. The van der Waals surface area contributed by atoms with Crippen LogP contribution in [0.1, 0.15) is 30.6 Å². The molecule has 0 saturated heterocycles. The average molecular weight is 311 g/mol. The lowest BCUT2D eigenvalue weighted by atomic mass is 10.2. The van der Waals surface area contributed by atoms with E-state index in [0.717, 1.165) is 0 Å². The number of anilines is 1. The van der Waals surface area contributed by atoms with Gasteiger partial charge in [-0.2, -0.15) is 5.10 Å². The standard InChI is InChI=1S/C13H17N3O4S/c1-3-7-21(18,19)15-10-5-6-16-12(8-10)11(9-14-16)13(17)20-4-2/h5-6,8-9,15H,3-4,7H2,1-2H3. The summed E-state index contributed by atoms with van der Waals surface area (Å²) in [5.41, 5.74) is 1.18. The highest BCUT2D eigenvalue weighted by atomic mass is 32.2. The van der Waals surface area contributed by atoms with Crippen LogP contribution in [0.5, 0.6) is 0 Å². The number of hydrogen-bond acceptors (Lipinski definition) is 5. The molecule has 114 valence electrons. The Bertz CT molecular complexity index is 752. The van der Waals surface area contributed by atoms with Crippen molar-refractivity contribution in [3.63, 3.8) is 0 Å². The van der Waals surface area contributed by atoms with E-state index in [1.165, 1.54) is 10.7 Å². The summed E-state index contributed by atoms with van der Waals surface area (Å²) in [6.45, 7) is 3.77. The molecule has 0 aromatic carbocycles. The Labute approximate surface area is 123 Å². The van der Waals surface area contributed by atoms with Crippen molar-refractivity contribution in [1.82, 2.24) is 9.61 Å². The van der Waals surface area contributed by atoms with Crippen molar-refractivity contribution in [2.45, 2.75) is 20.3 Å². The van der Waals surface area contributed by atoms with Crippen LogP contribution in [-0.2, 0) is 14.8 Å². The van der Waals surface area contributed by atoms with Crippen LogP contribution in [0.2, 0.25) is 0 Å². The molecule has 0 atom stereocenters. The van der Waals surface area contributed by atoms with E-state index >= 15 is 0 Å². The first-order chi connectivity index (χ1) is 9.96. The van der Waals surface area contributed by atoms with Gasteiger partial charge < -0.3 is 4.74 Å². The van der Waals surface area contributed by atoms with Gasteiger partial charge in [0.15, 0.2) is 0 Å². The summed E-state index contributed by atoms with van der Waals surface area (Å²) < 4.78 is 32.5. The maximum atomic E-state index is 11.8. The van der Waals surface area contributed by atoms with Crippen molar-refractivity contribution in [2.24, 2.45) is 0 Å². The van der Waals surface area contributed by atoms with Crippen LogP contribution in [0.3, 0.4) is 0 Å². The molecule has 0 fully saturated rings. The van der Waals surface area contributed by atoms with Crippen molar-refractivity contribution < 1.29 is 17.9 Å². The van der Waals surface area contributed by atoms with E-state index in [4.69, 9.17) is 4.74 Å². The van der Waals surface area contributed by atoms with Crippen molar-refractivity contribution in [3.05, 3.63) is 30.1 Å². The van der Waals surface area contributed by atoms with Gasteiger partial charge >= 0.3 is 5.97 Å². The zero-order valence-electron chi connectivity index (χ0n) is 11.9. The number of carbonyl (C=O) groups excluding carboxylic acids is 1. The van der Waals surface area contributed by atoms with Gasteiger partial charge in [0.05, 0.1) is 29.8 Å². The van der Waals surface area contributed by atoms with Crippen molar-refractivity contribution in [2.75, 3.05) is 17.1 Å². The topological polar surface area (TPSA) is 89.8 Å². The first-order valence-corrected chi connectivity index (χ1v) is 8.27. The van der Waals surface area contributed by atoms with Crippen LogP contribution < -0.4 is 4.72 Å². The van der Waals surface area contributed by atoms with Crippen LogP contribution in [0, 0.1) is 0 Å². The Morgan fingerprint density at radius 2 is 2.19 bits per heavy atom. The largest absolute Gasteiger partial charge is 0.462 e. The average Bonchev–Trinajstić information content (AvgIpc) is 2.81. The molecular weight excluding hydrogens is 294 g/mol. The third-order valence-corrected chi connectivity index (χ3v) is 4.26. The summed E-state index contributed by atoms with van der Waals surface area (Å²) >= 11 is 0. The smallest absolute Gasteiger partial charge is 0.341 e. The Hall–Kier alpha value is -2.09. The van der Waals surface area contributed by atoms with Crippen molar-refractivity contribution in [1.29, 1.82) is 0 Å². The molecule has 21 heavy (non-hydrogen) atoms. The van der Waals surface area contributed by atoms with E-state index in [1.807, 2.05) is 0 Å². The van der Waals surface area contributed by atoms with Gasteiger partial charge in [0, 0.05) is 6.20 Å². The maximum Gasteiger partial charge on any atom is 0.341 e. The quantitative estimate of drug-likeness (QED) is 0.819. The molecule has 2 rings (SSSR count). The second-order valence-corrected chi connectivity index (χ2v) is 6.29. The van der Waals surface area contributed by atoms with Gasteiger partial charge in [-0.25, -0.2) is 17.7 Å². The van der Waals surface area contributed by atoms with Gasteiger partial charge in [-0.15, -0.1) is 0 Å². The highest BCUT2D eigenvalue weighted by Gasteiger charge is 2.15. The van der Waals surface area contributed by atoms with Gasteiger partial charge in [0.1, 0.15) is 5.56 Å². The molecule has 0 radical (unpaired) electrons. The molecule has 2 heterocycles. The minimum absolute atomic E-state index is 0.0438. The van der Waals surface area contributed by atoms with Crippen molar-refractivity contribution >= 4 is 27.2 Å². The molecule has 0 spiro atoms. The highest BCUT2D eigenvalue weighted by Crippen LogP contribution is 2.18. The van der Waals surface area contributed by atoms with E-state index in [2.05, 4.69) is 9.82 Å². The van der Waals surface area contributed by atoms with Gasteiger partial charge in [0.2, 0.25) is 10.0 Å². The summed E-state index contributed by atoms with van der Waals surface area (Å²) in [5.74, 6) is -0.441. The van der Waals surface area contributed by atoms with E-state index in [1.54, 1.807) is 32.2 Å². The van der Waals surface area contributed by atoms with E-state index in [0.29, 0.717) is 23.2 Å². The molecule has 2 aromatic heterocycles. The Morgan fingerprint density at radius 1 is 1.43 bits per heavy atom. The molecule has 0 amide bonds. The van der Waals surface area contributed by atoms with E-state index < -0.39 is 16.0 Å². The predicted octanol–water partition coefficient (Wildman–Crippen LogP) is 1.66. The van der Waals surface area contributed by atoms with Crippen LogP contribution in [0.4, 0.5) is 5.69 Å². The summed E-state index contributed by atoms with van der Waals surface area (Å²) in [5, 5.41) is 4.03. The summed E-state index contributed by atoms with van der Waals surface area (Å²) in [7, 11) is -3.38. The Balaban J connectivity index is 2.36. The van der Waals surface area contributed by atoms with E-state index in [9.17, 15) is 13.2 Å². The molecule has 8 heteroatoms. The number of aromatic nitrogens is 2. The zero-order chi connectivity index (χ0) is 15.5. The molecule has 1 N–H and O–H groups in total. The normalized spacial score (nSPS) is 11.5. The number of fused-ring (bicyclic) bond motifs is 1. The number of esters is 1. The number of pyridine rings is 1.